The van der Waals surface area contributed by atoms with E-state index in [1.165, 1.54) is 44.2 Å². The lowest BCUT2D eigenvalue weighted by Gasteiger charge is -2.26. The molecule has 3 heteroatoms. The van der Waals surface area contributed by atoms with Crippen molar-refractivity contribution in [1.82, 2.24) is 4.98 Å². The van der Waals surface area contributed by atoms with Gasteiger partial charge in [0.25, 0.3) is 0 Å². The number of hydrogen-bond donors (Lipinski definition) is 1. The predicted octanol–water partition coefficient (Wildman–Crippen LogP) is 4.94. The monoisotopic (exact) mass is 284 g/mol. The lowest BCUT2D eigenvalue weighted by Crippen LogP contribution is -2.20. The summed E-state index contributed by atoms with van der Waals surface area (Å²) in [5.74, 6) is 3.27. The van der Waals surface area contributed by atoms with Gasteiger partial charge in [0, 0.05) is 18.2 Å². The van der Waals surface area contributed by atoms with Crippen LogP contribution in [0.1, 0.15) is 57.3 Å². The van der Waals surface area contributed by atoms with E-state index in [9.17, 15) is 0 Å². The van der Waals surface area contributed by atoms with Gasteiger partial charge in [-0.2, -0.15) is 0 Å². The van der Waals surface area contributed by atoms with Gasteiger partial charge in [0.15, 0.2) is 11.5 Å². The first-order valence-corrected chi connectivity index (χ1v) is 8.42. The highest BCUT2D eigenvalue weighted by atomic mass is 16.3. The van der Waals surface area contributed by atoms with Crippen LogP contribution in [-0.2, 0) is 0 Å². The third-order valence-electron chi connectivity index (χ3n) is 5.06. The minimum absolute atomic E-state index is 0.582. The standard InChI is InChI=1S/C18H24N2O/c1-12-2-4-13(5-3-12)11-19-15-8-9-17-16(10-15)20-18(21-17)14-6-7-14/h8-10,12-14,19H,2-7,11H2,1H3. The predicted molar refractivity (Wildman–Crippen MR) is 85.6 cm³/mol. The summed E-state index contributed by atoms with van der Waals surface area (Å²) in [5, 5.41) is 3.59. The topological polar surface area (TPSA) is 38.1 Å². The van der Waals surface area contributed by atoms with E-state index in [1.54, 1.807) is 0 Å². The third-order valence-corrected chi connectivity index (χ3v) is 5.06. The van der Waals surface area contributed by atoms with Crippen LogP contribution in [0, 0.1) is 11.8 Å². The second kappa shape index (κ2) is 5.36. The molecule has 2 aliphatic carbocycles. The van der Waals surface area contributed by atoms with Crippen LogP contribution >= 0.6 is 0 Å². The number of hydrogen-bond acceptors (Lipinski definition) is 3. The molecule has 2 saturated carbocycles. The summed E-state index contributed by atoms with van der Waals surface area (Å²) in [4.78, 5) is 4.63. The zero-order valence-corrected chi connectivity index (χ0v) is 12.8. The number of nitrogens with zero attached hydrogens (tertiary/aromatic N) is 1. The fourth-order valence-corrected chi connectivity index (χ4v) is 3.36. The molecule has 2 aliphatic rings. The Bertz CT molecular complexity index is 621. The Kier molecular flexibility index (Phi) is 3.36. The third kappa shape index (κ3) is 2.92. The van der Waals surface area contributed by atoms with E-state index >= 15 is 0 Å². The zero-order chi connectivity index (χ0) is 14.2. The quantitative estimate of drug-likeness (QED) is 0.863. The summed E-state index contributed by atoms with van der Waals surface area (Å²) < 4.78 is 5.81. The van der Waals surface area contributed by atoms with Crippen molar-refractivity contribution in [2.45, 2.75) is 51.4 Å². The fraction of sp³-hybridized carbons (Fsp3) is 0.611. The van der Waals surface area contributed by atoms with Crippen LogP contribution in [0.4, 0.5) is 5.69 Å². The Morgan fingerprint density at radius 3 is 2.71 bits per heavy atom. The van der Waals surface area contributed by atoms with Crippen molar-refractivity contribution >= 4 is 16.8 Å². The average Bonchev–Trinajstić information content (AvgIpc) is 3.26. The second-order valence-corrected chi connectivity index (χ2v) is 7.02. The van der Waals surface area contributed by atoms with Gasteiger partial charge >= 0.3 is 0 Å². The van der Waals surface area contributed by atoms with Crippen molar-refractivity contribution < 1.29 is 4.42 Å². The lowest BCUT2D eigenvalue weighted by atomic mass is 9.83. The van der Waals surface area contributed by atoms with Crippen molar-refractivity contribution in [2.75, 3.05) is 11.9 Å². The molecule has 3 nitrogen and oxygen atoms in total. The molecule has 0 saturated heterocycles. The second-order valence-electron chi connectivity index (χ2n) is 7.02. The van der Waals surface area contributed by atoms with Gasteiger partial charge in [-0.25, -0.2) is 4.98 Å². The number of rotatable bonds is 4. The van der Waals surface area contributed by atoms with E-state index < -0.39 is 0 Å². The normalized spacial score (nSPS) is 26.1. The van der Waals surface area contributed by atoms with Gasteiger partial charge < -0.3 is 9.73 Å². The number of nitrogens with one attached hydrogen (secondary N) is 1. The molecule has 0 unspecified atom stereocenters. The molecule has 0 spiro atoms. The first kappa shape index (κ1) is 13.2. The maximum atomic E-state index is 5.81. The van der Waals surface area contributed by atoms with Gasteiger partial charge in [-0.15, -0.1) is 0 Å². The SMILES string of the molecule is CC1CCC(CNc2ccc3oc(C4CC4)nc3c2)CC1. The molecular weight excluding hydrogens is 260 g/mol. The van der Waals surface area contributed by atoms with Crippen molar-refractivity contribution in [3.63, 3.8) is 0 Å². The summed E-state index contributed by atoms with van der Waals surface area (Å²) in [6.07, 6.45) is 7.98. The first-order valence-electron chi connectivity index (χ1n) is 8.42. The fourth-order valence-electron chi connectivity index (χ4n) is 3.36. The molecule has 1 aromatic carbocycles. The van der Waals surface area contributed by atoms with Crippen LogP contribution in [0.2, 0.25) is 0 Å². The van der Waals surface area contributed by atoms with Crippen molar-refractivity contribution in [3.05, 3.63) is 24.1 Å². The molecule has 0 atom stereocenters. The van der Waals surface area contributed by atoms with Gasteiger partial charge in [-0.05, 0) is 55.7 Å². The molecule has 1 aromatic heterocycles. The summed E-state index contributed by atoms with van der Waals surface area (Å²) in [7, 11) is 0. The van der Waals surface area contributed by atoms with Gasteiger partial charge in [0.05, 0.1) is 0 Å². The minimum Gasteiger partial charge on any atom is -0.440 e. The number of aromatic nitrogens is 1. The molecule has 1 heterocycles. The molecule has 0 aliphatic heterocycles. The molecule has 0 amide bonds. The molecular formula is C18H24N2O. The van der Waals surface area contributed by atoms with Crippen molar-refractivity contribution in [1.29, 1.82) is 0 Å². The van der Waals surface area contributed by atoms with Crippen molar-refractivity contribution in [3.8, 4) is 0 Å². The highest BCUT2D eigenvalue weighted by Crippen LogP contribution is 2.40. The molecule has 0 radical (unpaired) electrons. The van der Waals surface area contributed by atoms with E-state index in [-0.39, 0.29) is 0 Å². The van der Waals surface area contributed by atoms with Crippen LogP contribution < -0.4 is 5.32 Å². The Balaban J connectivity index is 1.41. The minimum atomic E-state index is 0.582. The molecule has 112 valence electrons. The maximum absolute atomic E-state index is 5.81. The maximum Gasteiger partial charge on any atom is 0.198 e. The summed E-state index contributed by atoms with van der Waals surface area (Å²) >= 11 is 0. The molecule has 4 rings (SSSR count). The largest absolute Gasteiger partial charge is 0.440 e. The molecule has 1 N–H and O–H groups in total. The molecule has 2 fully saturated rings. The van der Waals surface area contributed by atoms with Gasteiger partial charge in [0.2, 0.25) is 0 Å². The first-order chi connectivity index (χ1) is 10.3. The van der Waals surface area contributed by atoms with E-state index in [4.69, 9.17) is 4.42 Å². The molecule has 2 aromatic rings. The summed E-state index contributed by atoms with van der Waals surface area (Å²) in [6.45, 7) is 3.46. The lowest BCUT2D eigenvalue weighted by molar-refractivity contribution is 0.300. The summed E-state index contributed by atoms with van der Waals surface area (Å²) in [6, 6.07) is 6.31. The van der Waals surface area contributed by atoms with Crippen LogP contribution in [0.5, 0.6) is 0 Å². The molecule has 0 bridgehead atoms. The summed E-state index contributed by atoms with van der Waals surface area (Å²) in [5.41, 5.74) is 3.10. The smallest absolute Gasteiger partial charge is 0.198 e. The number of anilines is 1. The Hall–Kier alpha value is -1.51. The van der Waals surface area contributed by atoms with Gasteiger partial charge in [-0.1, -0.05) is 19.8 Å². The Labute approximate surface area is 126 Å². The van der Waals surface area contributed by atoms with E-state index in [1.807, 2.05) is 0 Å². The Morgan fingerprint density at radius 2 is 1.95 bits per heavy atom. The zero-order valence-electron chi connectivity index (χ0n) is 12.8. The van der Waals surface area contributed by atoms with Crippen LogP contribution in [0.25, 0.3) is 11.1 Å². The number of oxazole rings is 1. The van der Waals surface area contributed by atoms with Gasteiger partial charge in [-0.3, -0.25) is 0 Å². The highest BCUT2D eigenvalue weighted by molar-refractivity contribution is 5.77. The highest BCUT2D eigenvalue weighted by Gasteiger charge is 2.28. The van der Waals surface area contributed by atoms with Crippen LogP contribution in [0.15, 0.2) is 22.6 Å². The van der Waals surface area contributed by atoms with E-state index in [0.717, 1.165) is 35.4 Å². The van der Waals surface area contributed by atoms with Crippen LogP contribution in [0.3, 0.4) is 0 Å². The van der Waals surface area contributed by atoms with E-state index in [2.05, 4.69) is 35.4 Å². The number of benzene rings is 1. The van der Waals surface area contributed by atoms with Crippen LogP contribution in [-0.4, -0.2) is 11.5 Å². The average molecular weight is 284 g/mol. The van der Waals surface area contributed by atoms with Crippen molar-refractivity contribution in [2.24, 2.45) is 11.8 Å². The van der Waals surface area contributed by atoms with Gasteiger partial charge in [0.1, 0.15) is 5.52 Å². The Morgan fingerprint density at radius 1 is 1.14 bits per heavy atom. The van der Waals surface area contributed by atoms with E-state index in [0.29, 0.717) is 5.92 Å². The number of fused-ring (bicyclic) bond motifs is 1. The molecule has 21 heavy (non-hydrogen) atoms.